The van der Waals surface area contributed by atoms with Gasteiger partial charge < -0.3 is 14.7 Å². The Hall–Kier alpha value is -1.69. The van der Waals surface area contributed by atoms with Crippen molar-refractivity contribution in [3.05, 3.63) is 17.1 Å². The summed E-state index contributed by atoms with van der Waals surface area (Å²) in [6.45, 7) is 9.81. The molecular formula is C25H43N5O. The van der Waals surface area contributed by atoms with Gasteiger partial charge in [0.1, 0.15) is 11.6 Å². The van der Waals surface area contributed by atoms with Gasteiger partial charge >= 0.3 is 0 Å². The number of amides is 1. The highest BCUT2D eigenvalue weighted by molar-refractivity contribution is 5.76. The lowest BCUT2D eigenvalue weighted by atomic mass is 10.0. The number of nitrogens with zero attached hydrogens (tertiary/aromatic N) is 5. The predicted molar refractivity (Wildman–Crippen MR) is 127 cm³/mol. The van der Waals surface area contributed by atoms with Gasteiger partial charge in [0.25, 0.3) is 0 Å². The van der Waals surface area contributed by atoms with Crippen LogP contribution in [-0.2, 0) is 17.8 Å². The van der Waals surface area contributed by atoms with Crippen LogP contribution in [0.25, 0.3) is 0 Å². The molecule has 0 aromatic carbocycles. The lowest BCUT2D eigenvalue weighted by Gasteiger charge is -2.37. The Labute approximate surface area is 189 Å². The number of hydrogen-bond acceptors (Lipinski definition) is 5. The molecular weight excluding hydrogens is 386 g/mol. The smallest absolute Gasteiger partial charge is 0.222 e. The Morgan fingerprint density at radius 1 is 0.871 bits per heavy atom. The number of likely N-dealkylation sites (N-methyl/N-ethyl adjacent to an activating group) is 1. The van der Waals surface area contributed by atoms with Crippen LogP contribution in [-0.4, -0.2) is 65.4 Å². The van der Waals surface area contributed by atoms with E-state index in [4.69, 9.17) is 9.97 Å². The highest BCUT2D eigenvalue weighted by Crippen LogP contribution is 2.28. The number of unbranched alkanes of at least 4 members (excludes halogenated alkanes) is 8. The molecule has 0 unspecified atom stereocenters. The molecule has 1 amide bonds. The zero-order valence-corrected chi connectivity index (χ0v) is 20.2. The molecule has 6 heteroatoms. The topological polar surface area (TPSA) is 52.6 Å². The first-order valence-corrected chi connectivity index (χ1v) is 12.7. The van der Waals surface area contributed by atoms with E-state index in [2.05, 4.69) is 23.8 Å². The molecule has 0 saturated carbocycles. The first kappa shape index (κ1) is 24.0. The van der Waals surface area contributed by atoms with Gasteiger partial charge in [-0.3, -0.25) is 4.79 Å². The molecule has 31 heavy (non-hydrogen) atoms. The second-order valence-corrected chi connectivity index (χ2v) is 9.45. The molecule has 6 nitrogen and oxygen atoms in total. The summed E-state index contributed by atoms with van der Waals surface area (Å²) in [5.74, 6) is 2.22. The summed E-state index contributed by atoms with van der Waals surface area (Å²) in [7, 11) is 2.17. The van der Waals surface area contributed by atoms with Crippen LogP contribution in [0.3, 0.4) is 0 Å². The second-order valence-electron chi connectivity index (χ2n) is 9.45. The van der Waals surface area contributed by atoms with Crippen LogP contribution in [0.2, 0.25) is 0 Å². The van der Waals surface area contributed by atoms with Crippen LogP contribution in [0, 0.1) is 6.92 Å². The molecule has 3 heterocycles. The van der Waals surface area contributed by atoms with Crippen molar-refractivity contribution in [3.63, 3.8) is 0 Å². The summed E-state index contributed by atoms with van der Waals surface area (Å²) in [6.07, 6.45) is 13.1. The van der Waals surface area contributed by atoms with E-state index in [1.807, 2.05) is 11.8 Å². The van der Waals surface area contributed by atoms with Crippen LogP contribution in [0.5, 0.6) is 0 Å². The third kappa shape index (κ3) is 7.16. The summed E-state index contributed by atoms with van der Waals surface area (Å²) < 4.78 is 0. The molecule has 0 radical (unpaired) electrons. The zero-order chi connectivity index (χ0) is 22.1. The SMILES string of the molecule is CCCCCCCCCCCC(=O)N1CCc2nc(C)nc(N3CCN(C)CC3)c2C1. The molecule has 2 aliphatic heterocycles. The van der Waals surface area contributed by atoms with Gasteiger partial charge in [-0.25, -0.2) is 9.97 Å². The summed E-state index contributed by atoms with van der Waals surface area (Å²) >= 11 is 0. The molecule has 0 aliphatic carbocycles. The molecule has 1 aromatic rings. The van der Waals surface area contributed by atoms with E-state index in [1.165, 1.54) is 56.9 Å². The van der Waals surface area contributed by atoms with E-state index in [0.29, 0.717) is 18.9 Å². The predicted octanol–water partition coefficient (Wildman–Crippen LogP) is 4.34. The van der Waals surface area contributed by atoms with Gasteiger partial charge in [0.05, 0.1) is 12.2 Å². The number of aromatic nitrogens is 2. The van der Waals surface area contributed by atoms with E-state index in [-0.39, 0.29) is 0 Å². The lowest BCUT2D eigenvalue weighted by molar-refractivity contribution is -0.132. The van der Waals surface area contributed by atoms with Crippen molar-refractivity contribution in [2.75, 3.05) is 44.7 Å². The van der Waals surface area contributed by atoms with Gasteiger partial charge in [0.2, 0.25) is 5.91 Å². The van der Waals surface area contributed by atoms with Crippen LogP contribution in [0.4, 0.5) is 5.82 Å². The first-order chi connectivity index (χ1) is 15.1. The number of carbonyl (C=O) groups is 1. The van der Waals surface area contributed by atoms with E-state index in [1.54, 1.807) is 0 Å². The van der Waals surface area contributed by atoms with Crippen LogP contribution in [0.1, 0.15) is 88.2 Å². The van der Waals surface area contributed by atoms with Crippen molar-refractivity contribution in [1.29, 1.82) is 0 Å². The quantitative estimate of drug-likeness (QED) is 0.490. The number of piperazine rings is 1. The third-order valence-corrected chi connectivity index (χ3v) is 6.80. The number of hydrogen-bond donors (Lipinski definition) is 0. The number of aryl methyl sites for hydroxylation is 1. The van der Waals surface area contributed by atoms with Crippen LogP contribution < -0.4 is 4.90 Å². The average Bonchev–Trinajstić information content (AvgIpc) is 2.77. The fourth-order valence-corrected chi connectivity index (χ4v) is 4.75. The van der Waals surface area contributed by atoms with Crippen molar-refractivity contribution in [3.8, 4) is 0 Å². The number of anilines is 1. The fourth-order valence-electron chi connectivity index (χ4n) is 4.75. The highest BCUT2D eigenvalue weighted by Gasteiger charge is 2.28. The molecule has 1 saturated heterocycles. The average molecular weight is 430 g/mol. The fraction of sp³-hybridized carbons (Fsp3) is 0.800. The van der Waals surface area contributed by atoms with Gasteiger partial charge in [0, 0.05) is 51.1 Å². The maximum Gasteiger partial charge on any atom is 0.222 e. The largest absolute Gasteiger partial charge is 0.354 e. The van der Waals surface area contributed by atoms with Crippen LogP contribution >= 0.6 is 0 Å². The molecule has 0 spiro atoms. The number of rotatable bonds is 11. The highest BCUT2D eigenvalue weighted by atomic mass is 16.2. The second kappa shape index (κ2) is 12.4. The summed E-state index contributed by atoms with van der Waals surface area (Å²) in [5.41, 5.74) is 2.33. The van der Waals surface area contributed by atoms with Gasteiger partial charge in [-0.05, 0) is 20.4 Å². The molecule has 2 aliphatic rings. The van der Waals surface area contributed by atoms with Gasteiger partial charge in [-0.1, -0.05) is 58.3 Å². The minimum atomic E-state index is 0.304. The summed E-state index contributed by atoms with van der Waals surface area (Å²) in [5, 5.41) is 0. The van der Waals surface area contributed by atoms with Crippen molar-refractivity contribution < 1.29 is 4.79 Å². The maximum absolute atomic E-state index is 12.9. The lowest BCUT2D eigenvalue weighted by Crippen LogP contribution is -2.46. The normalized spacial score (nSPS) is 17.1. The van der Waals surface area contributed by atoms with Crippen molar-refractivity contribution >= 4 is 11.7 Å². The molecule has 1 fully saturated rings. The molecule has 0 atom stereocenters. The Morgan fingerprint density at radius 3 is 2.19 bits per heavy atom. The molecule has 0 N–H and O–H groups in total. The minimum absolute atomic E-state index is 0.304. The Morgan fingerprint density at radius 2 is 1.52 bits per heavy atom. The number of carbonyl (C=O) groups excluding carboxylic acids is 1. The third-order valence-electron chi connectivity index (χ3n) is 6.80. The molecule has 0 bridgehead atoms. The Balaban J connectivity index is 1.47. The van der Waals surface area contributed by atoms with Crippen molar-refractivity contribution in [2.45, 2.75) is 91.0 Å². The summed E-state index contributed by atoms with van der Waals surface area (Å²) in [6, 6.07) is 0. The van der Waals surface area contributed by atoms with Gasteiger partial charge in [0.15, 0.2) is 0 Å². The molecule has 3 rings (SSSR count). The van der Waals surface area contributed by atoms with E-state index in [0.717, 1.165) is 62.9 Å². The monoisotopic (exact) mass is 429 g/mol. The van der Waals surface area contributed by atoms with E-state index in [9.17, 15) is 4.79 Å². The molecule has 174 valence electrons. The van der Waals surface area contributed by atoms with Crippen molar-refractivity contribution in [1.82, 2.24) is 19.8 Å². The first-order valence-electron chi connectivity index (χ1n) is 12.7. The Bertz CT molecular complexity index is 699. The molecule has 1 aromatic heterocycles. The van der Waals surface area contributed by atoms with E-state index >= 15 is 0 Å². The number of fused-ring (bicyclic) bond motifs is 1. The zero-order valence-electron chi connectivity index (χ0n) is 20.2. The van der Waals surface area contributed by atoms with Gasteiger partial charge in [-0.15, -0.1) is 0 Å². The van der Waals surface area contributed by atoms with Crippen molar-refractivity contribution in [2.24, 2.45) is 0 Å². The maximum atomic E-state index is 12.9. The summed E-state index contributed by atoms with van der Waals surface area (Å²) in [4.78, 5) is 29.2. The van der Waals surface area contributed by atoms with E-state index < -0.39 is 0 Å². The van der Waals surface area contributed by atoms with Crippen LogP contribution in [0.15, 0.2) is 0 Å². The minimum Gasteiger partial charge on any atom is -0.354 e. The standard InChI is InChI=1S/C25H43N5O/c1-4-5-6-7-8-9-10-11-12-13-24(31)30-15-14-23-22(20-30)25(27-21(2)26-23)29-18-16-28(3)17-19-29/h4-20H2,1-3H3. The Kier molecular flexibility index (Phi) is 9.56. The van der Waals surface area contributed by atoms with Gasteiger partial charge in [-0.2, -0.15) is 0 Å².